The number of hydrogen-bond donors (Lipinski definition) is 0. The van der Waals surface area contributed by atoms with Crippen LogP contribution in [0.2, 0.25) is 0 Å². The first-order valence-electron chi connectivity index (χ1n) is 6.76. The molecule has 1 aliphatic rings. The molecule has 0 aliphatic carbocycles. The number of anilines is 1. The van der Waals surface area contributed by atoms with Crippen molar-refractivity contribution >= 4 is 59.9 Å². The van der Waals surface area contributed by atoms with Gasteiger partial charge in [-0.05, 0) is 40.2 Å². The van der Waals surface area contributed by atoms with Gasteiger partial charge in [0, 0.05) is 0 Å². The largest absolute Gasteiger partial charge is 0.454 e. The molecule has 0 saturated carbocycles. The van der Waals surface area contributed by atoms with Crippen LogP contribution in [0.5, 0.6) is 0 Å². The van der Waals surface area contributed by atoms with Crippen molar-refractivity contribution in [1.82, 2.24) is 4.98 Å². The zero-order valence-corrected chi connectivity index (χ0v) is 14.6. The van der Waals surface area contributed by atoms with E-state index < -0.39 is 0 Å². The fraction of sp³-hybridized carbons (Fsp3) is 0.200. The van der Waals surface area contributed by atoms with Crippen molar-refractivity contribution in [3.05, 3.63) is 45.1 Å². The number of thiophene rings is 1. The van der Waals surface area contributed by atoms with E-state index in [1.54, 1.807) is 17.4 Å². The van der Waals surface area contributed by atoms with Crippen LogP contribution < -0.4 is 4.90 Å². The number of aromatic nitrogens is 1. The molecule has 1 aliphatic heterocycles. The second-order valence-electron chi connectivity index (χ2n) is 5.00. The lowest BCUT2D eigenvalue weighted by Gasteiger charge is -2.38. The Bertz CT molecular complexity index is 806. The van der Waals surface area contributed by atoms with Crippen LogP contribution in [0.15, 0.2) is 40.2 Å². The van der Waals surface area contributed by atoms with Crippen LogP contribution in [0.25, 0.3) is 10.2 Å². The molecule has 112 valence electrons. The topological polar surface area (TPSA) is 42.4 Å². The number of ether oxygens (including phenoxy) is 1. The lowest BCUT2D eigenvalue weighted by atomic mass is 10.2. The number of fused-ring (bicyclic) bond motifs is 1. The summed E-state index contributed by atoms with van der Waals surface area (Å²) in [5, 5.41) is 0.993. The number of hydrogen-bond acceptors (Lipinski definition) is 6. The molecule has 3 aromatic rings. The van der Waals surface area contributed by atoms with Gasteiger partial charge in [-0.15, -0.1) is 11.3 Å². The normalized spacial score (nSPS) is 15.0. The quantitative estimate of drug-likeness (QED) is 0.625. The van der Waals surface area contributed by atoms with Gasteiger partial charge in [0.1, 0.15) is 11.0 Å². The van der Waals surface area contributed by atoms with E-state index in [0.29, 0.717) is 18.0 Å². The Hall–Kier alpha value is -1.44. The molecule has 7 heteroatoms. The SMILES string of the molecule is O=C(OC1CN(c2nc3ccccc3s2)C1)c1ccc(Br)s1. The third-order valence-electron chi connectivity index (χ3n) is 3.45. The van der Waals surface area contributed by atoms with E-state index in [1.807, 2.05) is 24.3 Å². The summed E-state index contributed by atoms with van der Waals surface area (Å²) in [6.07, 6.45) is -0.0552. The highest BCUT2D eigenvalue weighted by atomic mass is 79.9. The first-order chi connectivity index (χ1) is 10.7. The van der Waals surface area contributed by atoms with E-state index in [2.05, 4.69) is 31.9 Å². The minimum Gasteiger partial charge on any atom is -0.454 e. The first-order valence-corrected chi connectivity index (χ1v) is 9.18. The number of thiazole rings is 1. The molecule has 4 nitrogen and oxygen atoms in total. The highest BCUT2D eigenvalue weighted by molar-refractivity contribution is 9.11. The zero-order valence-electron chi connectivity index (χ0n) is 11.4. The molecule has 0 amide bonds. The summed E-state index contributed by atoms with van der Waals surface area (Å²) in [7, 11) is 0. The summed E-state index contributed by atoms with van der Waals surface area (Å²) >= 11 is 6.41. The van der Waals surface area contributed by atoms with Gasteiger partial charge >= 0.3 is 5.97 Å². The third-order valence-corrected chi connectivity index (χ3v) is 6.15. The van der Waals surface area contributed by atoms with Crippen LogP contribution >= 0.6 is 38.6 Å². The van der Waals surface area contributed by atoms with Crippen molar-refractivity contribution in [2.24, 2.45) is 0 Å². The number of rotatable bonds is 3. The van der Waals surface area contributed by atoms with E-state index >= 15 is 0 Å². The lowest BCUT2D eigenvalue weighted by molar-refractivity contribution is 0.0240. The fourth-order valence-corrected chi connectivity index (χ4v) is 4.55. The molecule has 3 heterocycles. The standard InChI is InChI=1S/C15H11BrN2O2S2/c16-13-6-5-12(21-13)14(19)20-9-7-18(8-9)15-17-10-3-1-2-4-11(10)22-15/h1-6,9H,7-8H2. The number of halogens is 1. The van der Waals surface area contributed by atoms with Crippen LogP contribution in [-0.2, 0) is 4.74 Å². The van der Waals surface area contributed by atoms with Crippen LogP contribution in [0.1, 0.15) is 9.67 Å². The van der Waals surface area contributed by atoms with Gasteiger partial charge in [-0.3, -0.25) is 0 Å². The average Bonchev–Trinajstić information content (AvgIpc) is 3.07. The van der Waals surface area contributed by atoms with Crippen molar-refractivity contribution < 1.29 is 9.53 Å². The van der Waals surface area contributed by atoms with Gasteiger partial charge in [0.15, 0.2) is 5.13 Å². The summed E-state index contributed by atoms with van der Waals surface area (Å²) in [6, 6.07) is 11.7. The predicted octanol–water partition coefficient (Wildman–Crippen LogP) is 4.17. The highest BCUT2D eigenvalue weighted by Gasteiger charge is 2.32. The molecule has 0 bridgehead atoms. The number of carbonyl (C=O) groups is 1. The highest BCUT2D eigenvalue weighted by Crippen LogP contribution is 2.32. The molecular formula is C15H11BrN2O2S2. The Morgan fingerprint density at radius 1 is 1.23 bits per heavy atom. The molecule has 0 N–H and O–H groups in total. The van der Waals surface area contributed by atoms with Crippen LogP contribution in [0.4, 0.5) is 5.13 Å². The van der Waals surface area contributed by atoms with Gasteiger partial charge in [-0.25, -0.2) is 9.78 Å². The predicted molar refractivity (Wildman–Crippen MR) is 93.1 cm³/mol. The number of benzene rings is 1. The Labute approximate surface area is 143 Å². The molecule has 1 fully saturated rings. The van der Waals surface area contributed by atoms with E-state index in [-0.39, 0.29) is 12.1 Å². The van der Waals surface area contributed by atoms with E-state index in [1.165, 1.54) is 16.0 Å². The molecule has 0 radical (unpaired) electrons. The van der Waals surface area contributed by atoms with E-state index in [0.717, 1.165) is 14.4 Å². The fourth-order valence-electron chi connectivity index (χ4n) is 2.30. The zero-order chi connectivity index (χ0) is 15.1. The molecule has 0 atom stereocenters. The lowest BCUT2D eigenvalue weighted by Crippen LogP contribution is -2.53. The average molecular weight is 395 g/mol. The minimum atomic E-state index is -0.246. The van der Waals surface area contributed by atoms with Crippen molar-refractivity contribution in [2.75, 3.05) is 18.0 Å². The number of carbonyl (C=O) groups excluding carboxylic acids is 1. The molecule has 1 aromatic carbocycles. The van der Waals surface area contributed by atoms with Gasteiger partial charge in [0.25, 0.3) is 0 Å². The van der Waals surface area contributed by atoms with Crippen molar-refractivity contribution in [2.45, 2.75) is 6.10 Å². The van der Waals surface area contributed by atoms with Crippen LogP contribution in [-0.4, -0.2) is 30.1 Å². The van der Waals surface area contributed by atoms with E-state index in [9.17, 15) is 4.79 Å². The van der Waals surface area contributed by atoms with Gasteiger partial charge in [-0.1, -0.05) is 23.5 Å². The van der Waals surface area contributed by atoms with Crippen molar-refractivity contribution in [3.63, 3.8) is 0 Å². The maximum absolute atomic E-state index is 12.0. The molecule has 2 aromatic heterocycles. The maximum Gasteiger partial charge on any atom is 0.348 e. The van der Waals surface area contributed by atoms with Crippen LogP contribution in [0.3, 0.4) is 0 Å². The third kappa shape index (κ3) is 2.64. The van der Waals surface area contributed by atoms with Crippen molar-refractivity contribution in [3.8, 4) is 0 Å². The monoisotopic (exact) mass is 394 g/mol. The summed E-state index contributed by atoms with van der Waals surface area (Å²) in [5.41, 5.74) is 1.02. The summed E-state index contributed by atoms with van der Waals surface area (Å²) < 4.78 is 7.61. The Morgan fingerprint density at radius 2 is 2.05 bits per heavy atom. The second kappa shape index (κ2) is 5.64. The van der Waals surface area contributed by atoms with Crippen LogP contribution in [0, 0.1) is 0 Å². The first kappa shape index (κ1) is 14.2. The molecule has 22 heavy (non-hydrogen) atoms. The Kier molecular flexibility index (Phi) is 3.63. The Morgan fingerprint density at radius 3 is 2.77 bits per heavy atom. The number of esters is 1. The van der Waals surface area contributed by atoms with Gasteiger partial charge in [0.2, 0.25) is 0 Å². The number of para-hydroxylation sites is 1. The van der Waals surface area contributed by atoms with Gasteiger partial charge < -0.3 is 9.64 Å². The number of nitrogens with zero attached hydrogens (tertiary/aromatic N) is 2. The molecule has 4 rings (SSSR count). The maximum atomic E-state index is 12.0. The summed E-state index contributed by atoms with van der Waals surface area (Å²) in [6.45, 7) is 1.41. The smallest absolute Gasteiger partial charge is 0.348 e. The second-order valence-corrected chi connectivity index (χ2v) is 8.47. The molecule has 0 unspecified atom stereocenters. The molecule has 1 saturated heterocycles. The van der Waals surface area contributed by atoms with Gasteiger partial charge in [0.05, 0.1) is 27.1 Å². The Balaban J connectivity index is 1.38. The van der Waals surface area contributed by atoms with Gasteiger partial charge in [-0.2, -0.15) is 0 Å². The summed E-state index contributed by atoms with van der Waals surface area (Å²) in [4.78, 5) is 19.4. The van der Waals surface area contributed by atoms with E-state index in [4.69, 9.17) is 4.74 Å². The minimum absolute atomic E-state index is 0.0552. The van der Waals surface area contributed by atoms with Crippen molar-refractivity contribution in [1.29, 1.82) is 0 Å². The molecule has 0 spiro atoms. The molecular weight excluding hydrogens is 384 g/mol. The summed E-state index contributed by atoms with van der Waals surface area (Å²) in [5.74, 6) is -0.246.